The molecule has 0 aromatic carbocycles. The Morgan fingerprint density at radius 3 is 2.65 bits per heavy atom. The highest BCUT2D eigenvalue weighted by molar-refractivity contribution is 5.23. The van der Waals surface area contributed by atoms with Crippen molar-refractivity contribution >= 4 is 0 Å². The quantitative estimate of drug-likeness (QED) is 0.808. The molecule has 0 aliphatic heterocycles. The fourth-order valence-electron chi connectivity index (χ4n) is 2.94. The van der Waals surface area contributed by atoms with Gasteiger partial charge in [-0.05, 0) is 36.8 Å². The van der Waals surface area contributed by atoms with Crippen LogP contribution in [0.3, 0.4) is 0 Å². The third-order valence-electron chi connectivity index (χ3n) is 4.03. The monoisotopic (exact) mass is 232 g/mol. The zero-order valence-electron chi connectivity index (χ0n) is 10.9. The number of pyridine rings is 1. The number of nitrogens with two attached hydrogens (primary N) is 1. The van der Waals surface area contributed by atoms with Crippen LogP contribution in [0, 0.1) is 5.92 Å². The zero-order valence-corrected chi connectivity index (χ0v) is 10.9. The van der Waals surface area contributed by atoms with Gasteiger partial charge in [-0.15, -0.1) is 0 Å². The third-order valence-corrected chi connectivity index (χ3v) is 4.03. The highest BCUT2D eigenvalue weighted by Crippen LogP contribution is 2.32. The number of hydrogen-bond donors (Lipinski definition) is 1. The summed E-state index contributed by atoms with van der Waals surface area (Å²) in [7, 11) is 0. The molecule has 0 bridgehead atoms. The van der Waals surface area contributed by atoms with Crippen LogP contribution in [0.15, 0.2) is 18.3 Å². The van der Waals surface area contributed by atoms with Crippen molar-refractivity contribution in [2.24, 2.45) is 11.7 Å². The molecule has 1 aromatic heterocycles. The van der Waals surface area contributed by atoms with Crippen LogP contribution in [-0.2, 0) is 6.42 Å². The molecule has 17 heavy (non-hydrogen) atoms. The van der Waals surface area contributed by atoms with E-state index in [1.165, 1.54) is 44.1 Å². The van der Waals surface area contributed by atoms with Crippen LogP contribution in [0.1, 0.15) is 62.7 Å². The largest absolute Gasteiger partial charge is 0.322 e. The highest BCUT2D eigenvalue weighted by atomic mass is 14.8. The topological polar surface area (TPSA) is 38.9 Å². The molecule has 1 fully saturated rings. The Bertz CT molecular complexity index is 341. The van der Waals surface area contributed by atoms with Crippen LogP contribution >= 0.6 is 0 Å². The van der Waals surface area contributed by atoms with E-state index in [1.807, 2.05) is 12.3 Å². The van der Waals surface area contributed by atoms with Crippen molar-refractivity contribution in [1.29, 1.82) is 0 Å². The normalized spacial score (nSPS) is 19.9. The molecule has 2 heteroatoms. The van der Waals surface area contributed by atoms with E-state index in [-0.39, 0.29) is 6.04 Å². The van der Waals surface area contributed by atoms with E-state index in [1.54, 1.807) is 0 Å². The van der Waals surface area contributed by atoms with Gasteiger partial charge in [0, 0.05) is 6.20 Å². The second kappa shape index (κ2) is 6.15. The molecule has 0 radical (unpaired) electrons. The highest BCUT2D eigenvalue weighted by Gasteiger charge is 2.23. The van der Waals surface area contributed by atoms with Gasteiger partial charge in [-0.1, -0.05) is 38.7 Å². The Morgan fingerprint density at radius 1 is 1.29 bits per heavy atom. The molecule has 1 unspecified atom stereocenters. The Labute approximate surface area is 105 Å². The van der Waals surface area contributed by atoms with Crippen LogP contribution < -0.4 is 5.73 Å². The van der Waals surface area contributed by atoms with Crippen LogP contribution in [-0.4, -0.2) is 4.98 Å². The predicted molar refractivity (Wildman–Crippen MR) is 71.7 cm³/mol. The van der Waals surface area contributed by atoms with Gasteiger partial charge in [0.1, 0.15) is 0 Å². The lowest BCUT2D eigenvalue weighted by Gasteiger charge is -2.23. The lowest BCUT2D eigenvalue weighted by atomic mass is 9.88. The molecule has 0 saturated heterocycles. The minimum Gasteiger partial charge on any atom is -0.322 e. The lowest BCUT2D eigenvalue weighted by Crippen LogP contribution is -2.23. The van der Waals surface area contributed by atoms with Gasteiger partial charge in [0.05, 0.1) is 11.7 Å². The van der Waals surface area contributed by atoms with Crippen molar-refractivity contribution in [3.63, 3.8) is 0 Å². The number of nitrogens with zero attached hydrogens (tertiary/aromatic N) is 1. The first-order valence-electron chi connectivity index (χ1n) is 7.02. The van der Waals surface area contributed by atoms with Crippen molar-refractivity contribution in [2.45, 2.75) is 57.9 Å². The summed E-state index contributed by atoms with van der Waals surface area (Å²) in [6.45, 7) is 2.18. The van der Waals surface area contributed by atoms with Gasteiger partial charge in [-0.2, -0.15) is 0 Å². The second-order valence-corrected chi connectivity index (χ2v) is 5.18. The molecule has 1 heterocycles. The van der Waals surface area contributed by atoms with Gasteiger partial charge in [-0.25, -0.2) is 0 Å². The molecule has 2 rings (SSSR count). The van der Waals surface area contributed by atoms with Gasteiger partial charge < -0.3 is 5.73 Å². The number of aryl methyl sites for hydroxylation is 1. The molecule has 0 amide bonds. The van der Waals surface area contributed by atoms with Crippen LogP contribution in [0.5, 0.6) is 0 Å². The summed E-state index contributed by atoms with van der Waals surface area (Å²) in [4.78, 5) is 4.53. The molecule has 2 N–H and O–H groups in total. The first-order valence-corrected chi connectivity index (χ1v) is 7.02. The van der Waals surface area contributed by atoms with Crippen LogP contribution in [0.25, 0.3) is 0 Å². The van der Waals surface area contributed by atoms with E-state index in [9.17, 15) is 0 Å². The first-order chi connectivity index (χ1) is 8.33. The maximum absolute atomic E-state index is 6.45. The minimum atomic E-state index is 0.143. The average Bonchev–Trinajstić information content (AvgIpc) is 2.66. The van der Waals surface area contributed by atoms with E-state index < -0.39 is 0 Å². The minimum absolute atomic E-state index is 0.143. The van der Waals surface area contributed by atoms with Gasteiger partial charge in [0.25, 0.3) is 0 Å². The van der Waals surface area contributed by atoms with E-state index in [0.717, 1.165) is 12.1 Å². The van der Waals surface area contributed by atoms with Crippen molar-refractivity contribution in [3.05, 3.63) is 29.6 Å². The fraction of sp³-hybridized carbons (Fsp3) is 0.667. The molecule has 1 atom stereocenters. The summed E-state index contributed by atoms with van der Waals surface area (Å²) in [6, 6.07) is 4.32. The van der Waals surface area contributed by atoms with Crippen molar-refractivity contribution in [2.75, 3.05) is 0 Å². The molecule has 2 nitrogen and oxygen atoms in total. The summed E-state index contributed by atoms with van der Waals surface area (Å²) >= 11 is 0. The molecule has 94 valence electrons. The number of aromatic nitrogens is 1. The van der Waals surface area contributed by atoms with E-state index in [2.05, 4.69) is 18.0 Å². The molecular formula is C15H24N2. The number of rotatable bonds is 3. The third kappa shape index (κ3) is 3.06. The smallest absolute Gasteiger partial charge is 0.0605 e. The molecule has 1 aliphatic carbocycles. The molecular weight excluding hydrogens is 208 g/mol. The first kappa shape index (κ1) is 12.6. The summed E-state index contributed by atoms with van der Waals surface area (Å²) < 4.78 is 0. The van der Waals surface area contributed by atoms with Crippen molar-refractivity contribution < 1.29 is 0 Å². The number of hydrogen-bond acceptors (Lipinski definition) is 2. The molecule has 0 spiro atoms. The van der Waals surface area contributed by atoms with Crippen LogP contribution in [0.4, 0.5) is 0 Å². The fourth-order valence-corrected chi connectivity index (χ4v) is 2.94. The zero-order chi connectivity index (χ0) is 12.1. The van der Waals surface area contributed by atoms with Crippen molar-refractivity contribution in [1.82, 2.24) is 4.98 Å². The molecule has 1 saturated carbocycles. The van der Waals surface area contributed by atoms with E-state index in [0.29, 0.717) is 5.92 Å². The predicted octanol–water partition coefficient (Wildman–Crippen LogP) is 3.61. The average molecular weight is 232 g/mol. The Morgan fingerprint density at radius 2 is 2.00 bits per heavy atom. The van der Waals surface area contributed by atoms with Gasteiger partial charge in [0.15, 0.2) is 0 Å². The maximum Gasteiger partial charge on any atom is 0.0605 e. The molecule has 1 aromatic rings. The summed E-state index contributed by atoms with van der Waals surface area (Å²) in [5.41, 5.74) is 8.92. The van der Waals surface area contributed by atoms with Gasteiger partial charge >= 0.3 is 0 Å². The summed E-state index contributed by atoms with van der Waals surface area (Å²) in [6.07, 6.45) is 10.9. The second-order valence-electron chi connectivity index (χ2n) is 5.18. The van der Waals surface area contributed by atoms with E-state index >= 15 is 0 Å². The van der Waals surface area contributed by atoms with Crippen LogP contribution in [0.2, 0.25) is 0 Å². The SMILES string of the molecule is CCc1cccnc1C(N)C1CCCCCC1. The van der Waals surface area contributed by atoms with Crippen molar-refractivity contribution in [3.8, 4) is 0 Å². The maximum atomic E-state index is 6.45. The standard InChI is InChI=1S/C15H24N2/c1-2-12-10-7-11-17-15(12)14(16)13-8-5-3-4-6-9-13/h7,10-11,13-14H,2-6,8-9,16H2,1H3. The lowest BCUT2D eigenvalue weighted by molar-refractivity contribution is 0.375. The molecule has 1 aliphatic rings. The Kier molecular flexibility index (Phi) is 4.55. The Balaban J connectivity index is 2.14. The summed E-state index contributed by atoms with van der Waals surface area (Å²) in [5, 5.41) is 0. The summed E-state index contributed by atoms with van der Waals surface area (Å²) in [5.74, 6) is 0.637. The Hall–Kier alpha value is -0.890. The van der Waals surface area contributed by atoms with Gasteiger partial charge in [-0.3, -0.25) is 4.98 Å². The van der Waals surface area contributed by atoms with E-state index in [4.69, 9.17) is 5.73 Å². The van der Waals surface area contributed by atoms with Gasteiger partial charge in [0.2, 0.25) is 0 Å².